The Hall–Kier alpha value is -1.34. The summed E-state index contributed by atoms with van der Waals surface area (Å²) in [6, 6.07) is -1.98. The summed E-state index contributed by atoms with van der Waals surface area (Å²) in [6.07, 6.45) is -1.16. The molecule has 2 unspecified atom stereocenters. The van der Waals surface area contributed by atoms with Gasteiger partial charge in [-0.3, -0.25) is 0 Å². The highest BCUT2D eigenvalue weighted by molar-refractivity contribution is 5.82. The van der Waals surface area contributed by atoms with Crippen molar-refractivity contribution < 1.29 is 19.8 Å². The molecule has 0 aliphatic heterocycles. The minimum atomic E-state index is -1.31. The second-order valence-electron chi connectivity index (χ2n) is 2.75. The summed E-state index contributed by atoms with van der Waals surface area (Å²) in [5.41, 5.74) is 5.12. The van der Waals surface area contributed by atoms with Gasteiger partial charge in [0.1, 0.15) is 0 Å². The number of carbonyl (C=O) groups is 2. The molecule has 0 aromatic rings. The molecule has 14 heavy (non-hydrogen) atoms. The Morgan fingerprint density at radius 1 is 1.50 bits per heavy atom. The summed E-state index contributed by atoms with van der Waals surface area (Å²) in [7, 11) is 0. The molecular weight excluding hydrogens is 190 g/mol. The maximum Gasteiger partial charge on any atom is 0.328 e. The van der Waals surface area contributed by atoms with Crippen LogP contribution in [0.5, 0.6) is 0 Å². The van der Waals surface area contributed by atoms with Crippen molar-refractivity contribution >= 4 is 12.0 Å². The Balaban J connectivity index is 4.04. The van der Waals surface area contributed by atoms with Gasteiger partial charge < -0.3 is 26.6 Å². The molecule has 0 aliphatic carbocycles. The van der Waals surface area contributed by atoms with Crippen LogP contribution in [0.2, 0.25) is 0 Å². The van der Waals surface area contributed by atoms with Crippen molar-refractivity contribution in [1.29, 1.82) is 0 Å². The van der Waals surface area contributed by atoms with Crippen LogP contribution in [-0.4, -0.2) is 47.4 Å². The third-order valence-corrected chi connectivity index (χ3v) is 1.46. The highest BCUT2D eigenvalue weighted by Crippen LogP contribution is 1.92. The van der Waals surface area contributed by atoms with Gasteiger partial charge in [0.2, 0.25) is 0 Å². The predicted molar refractivity (Wildman–Crippen MR) is 48.7 cm³/mol. The summed E-state index contributed by atoms with van der Waals surface area (Å²) in [6.45, 7) is 1.79. The van der Waals surface area contributed by atoms with E-state index in [-0.39, 0.29) is 13.1 Å². The molecule has 2 amide bonds. The van der Waals surface area contributed by atoms with Crippen LogP contribution in [0, 0.1) is 0 Å². The maximum absolute atomic E-state index is 11.0. The second kappa shape index (κ2) is 6.17. The highest BCUT2D eigenvalue weighted by Gasteiger charge is 2.24. The fraction of sp³-hybridized carbons (Fsp3) is 0.714. The summed E-state index contributed by atoms with van der Waals surface area (Å²) in [5, 5.41) is 22.0. The van der Waals surface area contributed by atoms with Crippen LogP contribution in [0.15, 0.2) is 0 Å². The van der Waals surface area contributed by atoms with E-state index < -0.39 is 24.1 Å². The SMILES string of the molecule is CC(O)C(NC(=O)NCCN)C(=O)O. The van der Waals surface area contributed by atoms with Gasteiger partial charge in [-0.25, -0.2) is 9.59 Å². The zero-order valence-electron chi connectivity index (χ0n) is 7.86. The average molecular weight is 205 g/mol. The third kappa shape index (κ3) is 4.63. The molecule has 6 N–H and O–H groups in total. The van der Waals surface area contributed by atoms with E-state index in [1.54, 1.807) is 0 Å². The number of aliphatic hydroxyl groups excluding tert-OH is 1. The molecule has 0 heterocycles. The average Bonchev–Trinajstić information content (AvgIpc) is 2.09. The predicted octanol–water partition coefficient (Wildman–Crippen LogP) is -1.92. The first-order chi connectivity index (χ1) is 6.49. The van der Waals surface area contributed by atoms with Gasteiger partial charge in [0.25, 0.3) is 0 Å². The second-order valence-corrected chi connectivity index (χ2v) is 2.75. The Labute approximate surface area is 81.3 Å². The van der Waals surface area contributed by atoms with Gasteiger partial charge in [0, 0.05) is 13.1 Å². The number of nitrogens with one attached hydrogen (secondary N) is 2. The van der Waals surface area contributed by atoms with Crippen molar-refractivity contribution in [3.8, 4) is 0 Å². The molecule has 0 saturated heterocycles. The normalized spacial score (nSPS) is 14.2. The van der Waals surface area contributed by atoms with E-state index in [9.17, 15) is 9.59 Å². The largest absolute Gasteiger partial charge is 0.480 e. The van der Waals surface area contributed by atoms with Crippen molar-refractivity contribution in [2.75, 3.05) is 13.1 Å². The third-order valence-electron chi connectivity index (χ3n) is 1.46. The van der Waals surface area contributed by atoms with E-state index in [0.717, 1.165) is 0 Å². The molecule has 0 bridgehead atoms. The van der Waals surface area contributed by atoms with Gasteiger partial charge >= 0.3 is 12.0 Å². The van der Waals surface area contributed by atoms with E-state index in [1.165, 1.54) is 6.92 Å². The van der Waals surface area contributed by atoms with Gasteiger partial charge in [0.15, 0.2) is 6.04 Å². The zero-order chi connectivity index (χ0) is 11.1. The van der Waals surface area contributed by atoms with E-state index >= 15 is 0 Å². The van der Waals surface area contributed by atoms with Gasteiger partial charge in [-0.1, -0.05) is 0 Å². The number of carboxylic acids is 1. The standard InChI is InChI=1S/C7H15N3O4/c1-4(11)5(6(12)13)10-7(14)9-3-2-8/h4-5,11H,2-3,8H2,1H3,(H,12,13)(H2,9,10,14). The number of aliphatic carboxylic acids is 1. The first kappa shape index (κ1) is 12.7. The lowest BCUT2D eigenvalue weighted by atomic mass is 10.2. The molecule has 7 heteroatoms. The highest BCUT2D eigenvalue weighted by atomic mass is 16.4. The van der Waals surface area contributed by atoms with Crippen molar-refractivity contribution in [1.82, 2.24) is 10.6 Å². The molecule has 0 fully saturated rings. The fourth-order valence-electron chi connectivity index (χ4n) is 0.767. The van der Waals surface area contributed by atoms with Gasteiger partial charge in [0.05, 0.1) is 6.10 Å². The van der Waals surface area contributed by atoms with Crippen molar-refractivity contribution in [3.05, 3.63) is 0 Å². The molecule has 0 aromatic carbocycles. The van der Waals surface area contributed by atoms with Crippen LogP contribution in [0.4, 0.5) is 4.79 Å². The van der Waals surface area contributed by atoms with Gasteiger partial charge in [-0.2, -0.15) is 0 Å². The zero-order valence-corrected chi connectivity index (χ0v) is 7.86. The van der Waals surface area contributed by atoms with Crippen LogP contribution in [0.1, 0.15) is 6.92 Å². The van der Waals surface area contributed by atoms with E-state index in [0.29, 0.717) is 0 Å². The maximum atomic E-state index is 11.0. The van der Waals surface area contributed by atoms with E-state index in [2.05, 4.69) is 10.6 Å². The number of urea groups is 1. The molecule has 0 radical (unpaired) electrons. The molecular formula is C7H15N3O4. The number of hydrogen-bond acceptors (Lipinski definition) is 4. The summed E-state index contributed by atoms with van der Waals surface area (Å²) in [5.74, 6) is -1.29. The van der Waals surface area contributed by atoms with E-state index in [4.69, 9.17) is 15.9 Å². The van der Waals surface area contributed by atoms with Crippen LogP contribution >= 0.6 is 0 Å². The number of carbonyl (C=O) groups excluding carboxylic acids is 1. The number of aliphatic hydroxyl groups is 1. The monoisotopic (exact) mass is 205 g/mol. The lowest BCUT2D eigenvalue weighted by Crippen LogP contribution is -2.51. The number of nitrogens with two attached hydrogens (primary N) is 1. The summed E-state index contributed by atoms with van der Waals surface area (Å²) < 4.78 is 0. The summed E-state index contributed by atoms with van der Waals surface area (Å²) in [4.78, 5) is 21.5. The van der Waals surface area contributed by atoms with Crippen molar-refractivity contribution in [2.45, 2.75) is 19.1 Å². The minimum Gasteiger partial charge on any atom is -0.480 e. The molecule has 0 saturated carbocycles. The van der Waals surface area contributed by atoms with Gasteiger partial charge in [-0.15, -0.1) is 0 Å². The number of amides is 2. The molecule has 0 aromatic heterocycles. The molecule has 0 rings (SSSR count). The first-order valence-electron chi connectivity index (χ1n) is 4.14. The minimum absolute atomic E-state index is 0.248. The molecule has 2 atom stereocenters. The lowest BCUT2D eigenvalue weighted by Gasteiger charge is -2.17. The van der Waals surface area contributed by atoms with Crippen LogP contribution in [0.25, 0.3) is 0 Å². The van der Waals surface area contributed by atoms with Crippen LogP contribution in [-0.2, 0) is 4.79 Å². The van der Waals surface area contributed by atoms with Crippen molar-refractivity contribution in [2.24, 2.45) is 5.73 Å². The topological polar surface area (TPSA) is 125 Å². The Morgan fingerprint density at radius 2 is 2.07 bits per heavy atom. The van der Waals surface area contributed by atoms with E-state index in [1.807, 2.05) is 0 Å². The van der Waals surface area contributed by atoms with Crippen LogP contribution in [0.3, 0.4) is 0 Å². The fourth-order valence-corrected chi connectivity index (χ4v) is 0.767. The number of rotatable bonds is 5. The smallest absolute Gasteiger partial charge is 0.328 e. The van der Waals surface area contributed by atoms with Crippen molar-refractivity contribution in [3.63, 3.8) is 0 Å². The quantitative estimate of drug-likeness (QED) is 0.358. The molecule has 0 spiro atoms. The first-order valence-corrected chi connectivity index (χ1v) is 4.14. The Bertz CT molecular complexity index is 207. The lowest BCUT2D eigenvalue weighted by molar-refractivity contribution is -0.141. The molecule has 82 valence electrons. The van der Waals surface area contributed by atoms with Crippen LogP contribution < -0.4 is 16.4 Å². The number of carboxylic acid groups (broad SMARTS) is 1. The molecule has 0 aliphatic rings. The Kier molecular flexibility index (Phi) is 5.58. The number of hydrogen-bond donors (Lipinski definition) is 5. The Morgan fingerprint density at radius 3 is 2.43 bits per heavy atom. The van der Waals surface area contributed by atoms with Gasteiger partial charge in [-0.05, 0) is 6.92 Å². The molecule has 7 nitrogen and oxygen atoms in total. The summed E-state index contributed by atoms with van der Waals surface area (Å²) >= 11 is 0.